The molecule has 2 aliphatic carbocycles. The summed E-state index contributed by atoms with van der Waals surface area (Å²) in [5.41, 5.74) is 4.04. The Bertz CT molecular complexity index is 1660. The van der Waals surface area contributed by atoms with Crippen LogP contribution in [0, 0.1) is 11.8 Å². The maximum Gasteiger partial charge on any atom is 0.308 e. The standard InChI is InChI=1S/C37H44N2O5S/c1-25(2)23-39(45(41,42)24-28-12-8-5-9-13-28)31-15-14-30-32-22-29-33(43-26(3)40)16-17-34-35(29)37(30,36(31)44-34)19-21-38(32)20-18-27-10-6-4-7-11-27/h4-13,16-17,25,30-32,36H,14-15,18-24H2,1-3H3/t30-,31+,32+,36-,37-/m0/s1. The maximum absolute atomic E-state index is 14.3. The van der Waals surface area contributed by atoms with Crippen LogP contribution in [-0.2, 0) is 38.8 Å². The lowest BCUT2D eigenvalue weighted by molar-refractivity contribution is -0.132. The summed E-state index contributed by atoms with van der Waals surface area (Å²) in [7, 11) is -3.64. The summed E-state index contributed by atoms with van der Waals surface area (Å²) in [5.74, 6) is 1.61. The van der Waals surface area contributed by atoms with Crippen LogP contribution in [0.15, 0.2) is 72.8 Å². The van der Waals surface area contributed by atoms with E-state index in [2.05, 4.69) is 49.1 Å². The van der Waals surface area contributed by atoms with Gasteiger partial charge in [-0.3, -0.25) is 9.69 Å². The third-order valence-electron chi connectivity index (χ3n) is 10.7. The summed E-state index contributed by atoms with van der Waals surface area (Å²) in [5, 5.41) is 0. The second kappa shape index (κ2) is 11.9. The van der Waals surface area contributed by atoms with Crippen molar-refractivity contribution in [2.75, 3.05) is 19.6 Å². The van der Waals surface area contributed by atoms with E-state index in [0.717, 1.165) is 62.1 Å². The van der Waals surface area contributed by atoms with Crippen LogP contribution in [0.4, 0.5) is 0 Å². The molecule has 2 fully saturated rings. The molecule has 3 aromatic rings. The van der Waals surface area contributed by atoms with Crippen LogP contribution >= 0.6 is 0 Å². The lowest BCUT2D eigenvalue weighted by atomic mass is 9.51. The first-order valence-corrected chi connectivity index (χ1v) is 18.1. The highest BCUT2D eigenvalue weighted by Crippen LogP contribution is 2.64. The summed E-state index contributed by atoms with van der Waals surface area (Å²) in [4.78, 5) is 14.9. The highest BCUT2D eigenvalue weighted by molar-refractivity contribution is 7.88. The number of carbonyl (C=O) groups excluding carboxylic acids is 1. The average molecular weight is 629 g/mol. The molecule has 3 aromatic carbocycles. The molecule has 7 rings (SSSR count). The van der Waals surface area contributed by atoms with Gasteiger partial charge in [-0.05, 0) is 73.7 Å². The van der Waals surface area contributed by atoms with Crippen molar-refractivity contribution in [3.8, 4) is 11.5 Å². The van der Waals surface area contributed by atoms with Gasteiger partial charge >= 0.3 is 5.97 Å². The molecule has 2 heterocycles. The minimum atomic E-state index is -3.64. The Morgan fingerprint density at radius 2 is 1.73 bits per heavy atom. The fourth-order valence-electron chi connectivity index (χ4n) is 9.02. The van der Waals surface area contributed by atoms with E-state index >= 15 is 0 Å². The summed E-state index contributed by atoms with van der Waals surface area (Å²) >= 11 is 0. The third kappa shape index (κ3) is 5.38. The first-order chi connectivity index (χ1) is 21.7. The van der Waals surface area contributed by atoms with E-state index in [9.17, 15) is 13.2 Å². The van der Waals surface area contributed by atoms with Crippen LogP contribution in [-0.4, -0.2) is 61.4 Å². The predicted molar refractivity (Wildman–Crippen MR) is 175 cm³/mol. The predicted octanol–water partition coefficient (Wildman–Crippen LogP) is 5.75. The largest absolute Gasteiger partial charge is 0.487 e. The molecular formula is C37H44N2O5S. The molecule has 0 aromatic heterocycles. The third-order valence-corrected chi connectivity index (χ3v) is 12.5. The molecule has 1 saturated heterocycles. The summed E-state index contributed by atoms with van der Waals surface area (Å²) in [6.07, 6.45) is 4.08. The lowest BCUT2D eigenvalue weighted by Gasteiger charge is -2.60. The molecule has 7 nitrogen and oxygen atoms in total. The number of hydrogen-bond acceptors (Lipinski definition) is 6. The molecule has 2 aliphatic heterocycles. The maximum atomic E-state index is 14.3. The monoisotopic (exact) mass is 628 g/mol. The van der Waals surface area contributed by atoms with Crippen molar-refractivity contribution >= 4 is 16.0 Å². The molecular weight excluding hydrogens is 584 g/mol. The molecule has 1 spiro atoms. The minimum absolute atomic E-state index is 0.0229. The Morgan fingerprint density at radius 3 is 2.42 bits per heavy atom. The zero-order valence-corrected chi connectivity index (χ0v) is 27.3. The van der Waals surface area contributed by atoms with Crippen LogP contribution < -0.4 is 9.47 Å². The van der Waals surface area contributed by atoms with Crippen LogP contribution in [0.2, 0.25) is 0 Å². The Morgan fingerprint density at radius 1 is 1.02 bits per heavy atom. The number of sulfonamides is 1. The van der Waals surface area contributed by atoms with Crippen molar-refractivity contribution in [3.05, 3.63) is 95.1 Å². The number of piperidine rings is 1. The van der Waals surface area contributed by atoms with Crippen LogP contribution in [0.3, 0.4) is 0 Å². The van der Waals surface area contributed by atoms with E-state index in [1.54, 1.807) is 4.31 Å². The molecule has 0 radical (unpaired) electrons. The second-order valence-electron chi connectivity index (χ2n) is 13.8. The van der Waals surface area contributed by atoms with E-state index in [1.165, 1.54) is 18.1 Å². The van der Waals surface area contributed by atoms with Gasteiger partial charge in [-0.1, -0.05) is 74.5 Å². The van der Waals surface area contributed by atoms with E-state index in [1.807, 2.05) is 42.5 Å². The SMILES string of the molecule is CC(=O)Oc1ccc2c3c1C[C@@H]1[C@@H]4CC[C@@H](N(CC(C)C)S(=O)(=O)Cc5ccccc5)[C@H](O2)[C@]34CCN1CCc1ccccc1. The molecule has 238 valence electrons. The number of rotatable bonds is 10. The Balaban J connectivity index is 1.28. The fraction of sp³-hybridized carbons (Fsp3) is 0.486. The van der Waals surface area contributed by atoms with E-state index in [-0.39, 0.29) is 41.2 Å². The van der Waals surface area contributed by atoms with E-state index in [4.69, 9.17) is 9.47 Å². The quantitative estimate of drug-likeness (QED) is 0.210. The van der Waals surface area contributed by atoms with Gasteiger partial charge in [-0.15, -0.1) is 0 Å². The number of carbonyl (C=O) groups is 1. The van der Waals surface area contributed by atoms with Gasteiger partial charge in [0.05, 0.1) is 11.8 Å². The summed E-state index contributed by atoms with van der Waals surface area (Å²) in [6.45, 7) is 7.97. The van der Waals surface area contributed by atoms with Crippen molar-refractivity contribution in [3.63, 3.8) is 0 Å². The van der Waals surface area contributed by atoms with Gasteiger partial charge in [0.25, 0.3) is 0 Å². The first kappa shape index (κ1) is 30.5. The second-order valence-corrected chi connectivity index (χ2v) is 15.8. The minimum Gasteiger partial charge on any atom is -0.487 e. The van der Waals surface area contributed by atoms with E-state index < -0.39 is 10.0 Å². The zero-order valence-electron chi connectivity index (χ0n) is 26.5. The summed E-state index contributed by atoms with van der Waals surface area (Å²) in [6, 6.07) is 24.0. The lowest BCUT2D eigenvalue weighted by Crippen LogP contribution is -2.69. The normalized spacial score (nSPS) is 26.9. The number of hydrogen-bond donors (Lipinski definition) is 0. The van der Waals surface area contributed by atoms with Crippen molar-refractivity contribution < 1.29 is 22.7 Å². The van der Waals surface area contributed by atoms with Crippen molar-refractivity contribution in [2.45, 2.75) is 82.2 Å². The molecule has 0 amide bonds. The van der Waals surface area contributed by atoms with Gasteiger partial charge in [-0.2, -0.15) is 4.31 Å². The Hall–Kier alpha value is -3.20. The molecule has 1 saturated carbocycles. The number of benzene rings is 3. The molecule has 0 unspecified atom stereocenters. The van der Waals surface area contributed by atoms with Gasteiger partial charge < -0.3 is 9.47 Å². The zero-order chi connectivity index (χ0) is 31.3. The number of nitrogens with zero attached hydrogens (tertiary/aromatic N) is 2. The van der Waals surface area contributed by atoms with Crippen molar-refractivity contribution in [1.82, 2.24) is 9.21 Å². The van der Waals surface area contributed by atoms with Crippen LogP contribution in [0.5, 0.6) is 11.5 Å². The molecule has 8 heteroatoms. The number of likely N-dealkylation sites (tertiary alicyclic amines) is 1. The van der Waals surface area contributed by atoms with Crippen molar-refractivity contribution in [1.29, 1.82) is 0 Å². The van der Waals surface area contributed by atoms with Gasteiger partial charge in [0.15, 0.2) is 0 Å². The fourth-order valence-corrected chi connectivity index (χ4v) is 11.0. The Kier molecular flexibility index (Phi) is 8.03. The van der Waals surface area contributed by atoms with Crippen molar-refractivity contribution in [2.24, 2.45) is 11.8 Å². The van der Waals surface area contributed by atoms with Gasteiger partial charge in [0.1, 0.15) is 17.6 Å². The molecule has 2 bridgehead atoms. The number of ether oxygens (including phenoxy) is 2. The summed E-state index contributed by atoms with van der Waals surface area (Å²) < 4.78 is 43.1. The highest BCUT2D eigenvalue weighted by atomic mass is 32.2. The van der Waals surface area contributed by atoms with Gasteiger partial charge in [0.2, 0.25) is 10.0 Å². The van der Waals surface area contributed by atoms with Gasteiger partial charge in [0, 0.05) is 42.6 Å². The topological polar surface area (TPSA) is 76.1 Å². The highest BCUT2D eigenvalue weighted by Gasteiger charge is 2.67. The average Bonchev–Trinajstić information content (AvgIpc) is 3.34. The smallest absolute Gasteiger partial charge is 0.308 e. The van der Waals surface area contributed by atoms with Gasteiger partial charge in [-0.25, -0.2) is 8.42 Å². The molecule has 45 heavy (non-hydrogen) atoms. The molecule has 4 aliphatic rings. The molecule has 0 N–H and O–H groups in total. The molecule has 5 atom stereocenters. The number of esters is 1. The first-order valence-electron chi connectivity index (χ1n) is 16.5. The van der Waals surface area contributed by atoms with Crippen LogP contribution in [0.25, 0.3) is 0 Å². The Labute approximate surface area is 267 Å². The van der Waals surface area contributed by atoms with Crippen LogP contribution in [0.1, 0.15) is 62.3 Å². The van der Waals surface area contributed by atoms with E-state index in [0.29, 0.717) is 18.2 Å².